The second-order valence-corrected chi connectivity index (χ2v) is 9.24. The average molecular weight is 482 g/mol. The topological polar surface area (TPSA) is 47.4 Å². The van der Waals surface area contributed by atoms with Crippen molar-refractivity contribution in [3.8, 4) is 16.9 Å². The number of ether oxygens (including phenoxy) is 1. The van der Waals surface area contributed by atoms with Crippen LogP contribution in [0.25, 0.3) is 23.0 Å². The largest absolute Gasteiger partial charge is 0.382 e. The highest BCUT2D eigenvalue weighted by Crippen LogP contribution is 2.35. The van der Waals surface area contributed by atoms with Gasteiger partial charge in [-0.2, -0.15) is 5.10 Å². The van der Waals surface area contributed by atoms with Crippen LogP contribution in [0.4, 0.5) is 4.39 Å². The van der Waals surface area contributed by atoms with Crippen LogP contribution < -0.4 is 0 Å². The summed E-state index contributed by atoms with van der Waals surface area (Å²) in [6.45, 7) is 5.40. The number of hydrogen-bond acceptors (Lipinski definition) is 5. The minimum Gasteiger partial charge on any atom is -0.382 e. The first kappa shape index (κ1) is 23.4. The molecule has 0 N–H and O–H groups in total. The molecular formula is C25H24FN3O2S2. The summed E-state index contributed by atoms with van der Waals surface area (Å²) in [7, 11) is 0. The number of halogens is 1. The van der Waals surface area contributed by atoms with Crippen molar-refractivity contribution in [3.63, 3.8) is 0 Å². The third-order valence-electron chi connectivity index (χ3n) is 5.24. The van der Waals surface area contributed by atoms with Gasteiger partial charge >= 0.3 is 0 Å². The second-order valence-electron chi connectivity index (χ2n) is 7.56. The highest BCUT2D eigenvalue weighted by atomic mass is 32.2. The molecule has 0 aliphatic carbocycles. The Hall–Kier alpha value is -2.81. The smallest absolute Gasteiger partial charge is 0.266 e. The number of thioether (sulfide) groups is 1. The Balaban J connectivity index is 1.69. The predicted octanol–water partition coefficient (Wildman–Crippen LogP) is 5.61. The molecular weight excluding hydrogens is 457 g/mol. The minimum absolute atomic E-state index is 0.130. The van der Waals surface area contributed by atoms with E-state index in [-0.39, 0.29) is 11.7 Å². The quantitative estimate of drug-likeness (QED) is 0.238. The van der Waals surface area contributed by atoms with Crippen LogP contribution in [-0.2, 0) is 9.53 Å². The van der Waals surface area contributed by atoms with Crippen LogP contribution in [0.15, 0.2) is 59.6 Å². The monoisotopic (exact) mass is 481 g/mol. The molecule has 1 aliphatic rings. The molecule has 0 spiro atoms. The zero-order valence-electron chi connectivity index (χ0n) is 18.5. The maximum absolute atomic E-state index is 14.3. The van der Waals surface area contributed by atoms with E-state index < -0.39 is 0 Å². The first-order chi connectivity index (χ1) is 16.0. The van der Waals surface area contributed by atoms with Gasteiger partial charge in [-0.05, 0) is 50.1 Å². The Bertz CT molecular complexity index is 1210. The summed E-state index contributed by atoms with van der Waals surface area (Å²) in [4.78, 5) is 15.2. The van der Waals surface area contributed by atoms with Crippen LogP contribution in [0, 0.1) is 12.7 Å². The second kappa shape index (κ2) is 10.4. The standard InChI is InChI=1S/C25H24FN3O2S2/c1-3-31-13-7-12-28-24(30)22(33-25(28)32)15-19-16-29(20-8-5-4-6-9-20)27-23(19)18-11-10-17(2)21(26)14-18/h4-6,8-11,14-16H,3,7,12-13H2,1-2H3. The zero-order valence-corrected chi connectivity index (χ0v) is 20.1. The summed E-state index contributed by atoms with van der Waals surface area (Å²) in [6.07, 6.45) is 4.36. The van der Waals surface area contributed by atoms with Gasteiger partial charge in [-0.15, -0.1) is 0 Å². The number of para-hydroxylation sites is 1. The maximum Gasteiger partial charge on any atom is 0.266 e. The molecule has 5 nitrogen and oxygen atoms in total. The number of amides is 1. The summed E-state index contributed by atoms with van der Waals surface area (Å²) in [5, 5.41) is 4.72. The lowest BCUT2D eigenvalue weighted by Crippen LogP contribution is -2.29. The normalized spacial score (nSPS) is 15.1. The van der Waals surface area contributed by atoms with E-state index in [4.69, 9.17) is 22.1 Å². The molecule has 0 saturated carbocycles. The SMILES string of the molecule is CCOCCCN1C(=O)C(=Cc2cn(-c3ccccc3)nc2-c2ccc(C)c(F)c2)SC1=S. The van der Waals surface area contributed by atoms with Crippen molar-refractivity contribution in [2.45, 2.75) is 20.3 Å². The van der Waals surface area contributed by atoms with Gasteiger partial charge in [0, 0.05) is 37.1 Å². The van der Waals surface area contributed by atoms with Gasteiger partial charge in [0.15, 0.2) is 0 Å². The van der Waals surface area contributed by atoms with Crippen LogP contribution in [-0.4, -0.2) is 44.7 Å². The Morgan fingerprint density at radius 3 is 2.73 bits per heavy atom. The molecule has 1 aliphatic heterocycles. The first-order valence-corrected chi connectivity index (χ1v) is 11.9. The van der Waals surface area contributed by atoms with Crippen molar-refractivity contribution in [2.75, 3.05) is 19.8 Å². The average Bonchev–Trinajstić information content (AvgIpc) is 3.35. The maximum atomic E-state index is 14.3. The van der Waals surface area contributed by atoms with Crippen molar-refractivity contribution in [2.24, 2.45) is 0 Å². The van der Waals surface area contributed by atoms with Gasteiger partial charge < -0.3 is 4.74 Å². The van der Waals surface area contributed by atoms with Gasteiger partial charge in [0.05, 0.1) is 10.6 Å². The summed E-state index contributed by atoms with van der Waals surface area (Å²) < 4.78 is 22.0. The molecule has 1 amide bonds. The number of thiocarbonyl (C=S) groups is 1. The van der Waals surface area contributed by atoms with Crippen LogP contribution >= 0.6 is 24.0 Å². The van der Waals surface area contributed by atoms with Gasteiger partial charge in [0.25, 0.3) is 5.91 Å². The van der Waals surface area contributed by atoms with Gasteiger partial charge in [-0.25, -0.2) is 9.07 Å². The number of aromatic nitrogens is 2. The molecule has 2 heterocycles. The van der Waals surface area contributed by atoms with Gasteiger partial charge in [0.2, 0.25) is 0 Å². The van der Waals surface area contributed by atoms with Crippen LogP contribution in [0.5, 0.6) is 0 Å². The number of benzene rings is 2. The third kappa shape index (κ3) is 5.24. The minimum atomic E-state index is -0.298. The van der Waals surface area contributed by atoms with Crippen molar-refractivity contribution in [3.05, 3.63) is 76.6 Å². The predicted molar refractivity (Wildman–Crippen MR) is 135 cm³/mol. The van der Waals surface area contributed by atoms with E-state index in [1.165, 1.54) is 17.8 Å². The lowest BCUT2D eigenvalue weighted by Gasteiger charge is -2.13. The molecule has 8 heteroatoms. The van der Waals surface area contributed by atoms with Gasteiger partial charge in [-0.3, -0.25) is 9.69 Å². The number of aryl methyl sites for hydroxylation is 1. The molecule has 170 valence electrons. The Morgan fingerprint density at radius 2 is 2.00 bits per heavy atom. The highest BCUT2D eigenvalue weighted by Gasteiger charge is 2.32. The van der Waals surface area contributed by atoms with Crippen LogP contribution in [0.3, 0.4) is 0 Å². The summed E-state index contributed by atoms with van der Waals surface area (Å²) in [6, 6.07) is 14.7. The van der Waals surface area contributed by atoms with Crippen LogP contribution in [0.2, 0.25) is 0 Å². The number of carbonyl (C=O) groups excluding carboxylic acids is 1. The third-order valence-corrected chi connectivity index (χ3v) is 6.62. The Morgan fingerprint density at radius 1 is 1.21 bits per heavy atom. The molecule has 0 radical (unpaired) electrons. The molecule has 4 rings (SSSR count). The van der Waals surface area contributed by atoms with E-state index in [2.05, 4.69) is 0 Å². The molecule has 0 bridgehead atoms. The number of nitrogens with zero attached hydrogens (tertiary/aromatic N) is 3. The molecule has 1 aromatic heterocycles. The first-order valence-electron chi connectivity index (χ1n) is 10.7. The Labute approximate surface area is 202 Å². The summed E-state index contributed by atoms with van der Waals surface area (Å²) in [5.74, 6) is -0.427. The number of hydrogen-bond donors (Lipinski definition) is 0. The molecule has 33 heavy (non-hydrogen) atoms. The number of carbonyl (C=O) groups is 1. The molecule has 0 unspecified atom stereocenters. The van der Waals surface area contributed by atoms with E-state index in [0.717, 1.165) is 11.3 Å². The summed E-state index contributed by atoms with van der Waals surface area (Å²) in [5.41, 5.74) is 3.40. The molecule has 0 atom stereocenters. The van der Waals surface area contributed by atoms with Gasteiger partial charge in [0.1, 0.15) is 15.8 Å². The van der Waals surface area contributed by atoms with E-state index >= 15 is 0 Å². The fraction of sp³-hybridized carbons (Fsp3) is 0.240. The lowest BCUT2D eigenvalue weighted by atomic mass is 10.1. The van der Waals surface area contributed by atoms with E-state index in [1.807, 2.05) is 49.5 Å². The molecule has 1 saturated heterocycles. The Kier molecular flexibility index (Phi) is 7.37. The van der Waals surface area contributed by atoms with Gasteiger partial charge in [-0.1, -0.05) is 54.3 Å². The van der Waals surface area contributed by atoms with E-state index in [0.29, 0.717) is 52.2 Å². The molecule has 1 fully saturated rings. The highest BCUT2D eigenvalue weighted by molar-refractivity contribution is 8.26. The zero-order chi connectivity index (χ0) is 23.4. The van der Waals surface area contributed by atoms with Crippen molar-refractivity contribution >= 4 is 40.3 Å². The number of rotatable bonds is 8. The van der Waals surface area contributed by atoms with Crippen LogP contribution in [0.1, 0.15) is 24.5 Å². The molecule has 2 aromatic carbocycles. The fourth-order valence-electron chi connectivity index (χ4n) is 3.47. The summed E-state index contributed by atoms with van der Waals surface area (Å²) >= 11 is 6.72. The molecule has 3 aromatic rings. The lowest BCUT2D eigenvalue weighted by molar-refractivity contribution is -0.122. The van der Waals surface area contributed by atoms with Crippen molar-refractivity contribution < 1.29 is 13.9 Å². The van der Waals surface area contributed by atoms with E-state index in [9.17, 15) is 9.18 Å². The van der Waals surface area contributed by atoms with Crippen molar-refractivity contribution in [1.82, 2.24) is 14.7 Å². The van der Waals surface area contributed by atoms with E-state index in [1.54, 1.807) is 28.6 Å². The van der Waals surface area contributed by atoms with Crippen molar-refractivity contribution in [1.29, 1.82) is 0 Å². The fourth-order valence-corrected chi connectivity index (χ4v) is 4.77.